The zero-order chi connectivity index (χ0) is 11.4. The average Bonchev–Trinajstić information content (AvgIpc) is 2.64. The van der Waals surface area contributed by atoms with Crippen molar-refractivity contribution < 1.29 is 5.21 Å². The van der Waals surface area contributed by atoms with Crippen molar-refractivity contribution in [2.75, 3.05) is 5.73 Å². The molecule has 0 aliphatic heterocycles. The molecule has 0 fully saturated rings. The van der Waals surface area contributed by atoms with Crippen LogP contribution in [0.2, 0.25) is 0 Å². The first-order valence-corrected chi connectivity index (χ1v) is 4.83. The highest BCUT2D eigenvalue weighted by atomic mass is 16.4. The third-order valence-electron chi connectivity index (χ3n) is 2.28. The fourth-order valence-electron chi connectivity index (χ4n) is 1.51. The van der Waals surface area contributed by atoms with Crippen LogP contribution in [-0.2, 0) is 6.54 Å². The molecular formula is C11H12N4O. The Balaban J connectivity index is 2.28. The van der Waals surface area contributed by atoms with Crippen molar-refractivity contribution in [1.82, 2.24) is 9.55 Å². The smallest absolute Gasteiger partial charge is 0.150 e. The largest absolute Gasteiger partial charge is 0.411 e. The molecule has 0 radical (unpaired) electrons. The summed E-state index contributed by atoms with van der Waals surface area (Å²) in [5.74, 6) is 0.355. The first-order chi connectivity index (χ1) is 7.81. The second-order valence-corrected chi connectivity index (χ2v) is 3.37. The predicted molar refractivity (Wildman–Crippen MR) is 61.6 cm³/mol. The Morgan fingerprint density at radius 2 is 2.12 bits per heavy atom. The molecule has 0 aliphatic carbocycles. The molecule has 0 bridgehead atoms. The third kappa shape index (κ3) is 2.03. The number of nitrogens with two attached hydrogens (primary N) is 1. The highest BCUT2D eigenvalue weighted by molar-refractivity contribution is 5.83. The minimum atomic E-state index is 0.355. The fourth-order valence-corrected chi connectivity index (χ4v) is 1.51. The van der Waals surface area contributed by atoms with Crippen LogP contribution < -0.4 is 5.73 Å². The second kappa shape index (κ2) is 4.48. The molecule has 5 nitrogen and oxygen atoms in total. The first kappa shape index (κ1) is 10.2. The van der Waals surface area contributed by atoms with E-state index in [2.05, 4.69) is 10.1 Å². The van der Waals surface area contributed by atoms with Gasteiger partial charge in [-0.3, -0.25) is 0 Å². The molecule has 0 atom stereocenters. The highest BCUT2D eigenvalue weighted by Crippen LogP contribution is 2.10. The zero-order valence-corrected chi connectivity index (χ0v) is 8.61. The quantitative estimate of drug-likeness (QED) is 0.461. The van der Waals surface area contributed by atoms with Crippen LogP contribution in [0.3, 0.4) is 0 Å². The molecule has 3 N–H and O–H groups in total. The number of imidazole rings is 1. The summed E-state index contributed by atoms with van der Waals surface area (Å²) in [6, 6.07) is 9.92. The highest BCUT2D eigenvalue weighted by Gasteiger charge is 2.06. The van der Waals surface area contributed by atoms with Crippen molar-refractivity contribution in [3.8, 4) is 0 Å². The van der Waals surface area contributed by atoms with Crippen LogP contribution in [0.4, 0.5) is 5.82 Å². The van der Waals surface area contributed by atoms with E-state index in [0.29, 0.717) is 18.1 Å². The summed E-state index contributed by atoms with van der Waals surface area (Å²) in [6.07, 6.45) is 2.91. The van der Waals surface area contributed by atoms with Gasteiger partial charge in [-0.25, -0.2) is 4.98 Å². The van der Waals surface area contributed by atoms with Crippen molar-refractivity contribution in [3.05, 3.63) is 47.9 Å². The van der Waals surface area contributed by atoms with Gasteiger partial charge in [-0.2, -0.15) is 0 Å². The van der Waals surface area contributed by atoms with E-state index in [-0.39, 0.29) is 0 Å². The number of nitrogen functional groups attached to an aromatic ring is 1. The van der Waals surface area contributed by atoms with E-state index in [4.69, 9.17) is 10.9 Å². The molecule has 0 amide bonds. The Labute approximate surface area is 92.8 Å². The van der Waals surface area contributed by atoms with Crippen LogP contribution in [0.1, 0.15) is 11.3 Å². The molecule has 0 spiro atoms. The van der Waals surface area contributed by atoms with Crippen LogP contribution in [-0.4, -0.2) is 21.0 Å². The van der Waals surface area contributed by atoms with Crippen LogP contribution in [0.25, 0.3) is 0 Å². The van der Waals surface area contributed by atoms with E-state index in [0.717, 1.165) is 5.56 Å². The van der Waals surface area contributed by atoms with E-state index >= 15 is 0 Å². The standard InChI is InChI=1S/C11H12N4O/c12-11-10(6-14-16)15(8-13-11)7-9-4-2-1-3-5-9/h1-6,8,16H,7,12H2. The lowest BCUT2D eigenvalue weighted by Gasteiger charge is -2.04. The summed E-state index contributed by atoms with van der Waals surface area (Å²) >= 11 is 0. The second-order valence-electron chi connectivity index (χ2n) is 3.37. The minimum absolute atomic E-state index is 0.355. The maximum atomic E-state index is 8.53. The van der Waals surface area contributed by atoms with Gasteiger partial charge in [-0.15, -0.1) is 0 Å². The van der Waals surface area contributed by atoms with E-state index < -0.39 is 0 Å². The molecule has 5 heteroatoms. The summed E-state index contributed by atoms with van der Waals surface area (Å²) in [7, 11) is 0. The number of anilines is 1. The van der Waals surface area contributed by atoms with Gasteiger partial charge in [0.15, 0.2) is 5.82 Å². The average molecular weight is 216 g/mol. The summed E-state index contributed by atoms with van der Waals surface area (Å²) in [6.45, 7) is 0.645. The van der Waals surface area contributed by atoms with Crippen molar-refractivity contribution in [1.29, 1.82) is 0 Å². The van der Waals surface area contributed by atoms with Crippen molar-refractivity contribution in [2.24, 2.45) is 5.16 Å². The number of oxime groups is 1. The molecule has 0 unspecified atom stereocenters. The van der Waals surface area contributed by atoms with Gasteiger partial charge in [-0.05, 0) is 5.56 Å². The Bertz CT molecular complexity index is 490. The van der Waals surface area contributed by atoms with Gasteiger partial charge in [0.2, 0.25) is 0 Å². The maximum absolute atomic E-state index is 8.53. The summed E-state index contributed by atoms with van der Waals surface area (Å²) in [4.78, 5) is 3.97. The van der Waals surface area contributed by atoms with Gasteiger partial charge in [-0.1, -0.05) is 35.5 Å². The van der Waals surface area contributed by atoms with Crippen molar-refractivity contribution in [2.45, 2.75) is 6.54 Å². The fraction of sp³-hybridized carbons (Fsp3) is 0.0909. The molecule has 0 saturated carbocycles. The van der Waals surface area contributed by atoms with Gasteiger partial charge < -0.3 is 15.5 Å². The van der Waals surface area contributed by atoms with Crippen molar-refractivity contribution in [3.63, 3.8) is 0 Å². The van der Waals surface area contributed by atoms with Crippen LogP contribution in [0, 0.1) is 0 Å². The van der Waals surface area contributed by atoms with Gasteiger partial charge >= 0.3 is 0 Å². The molecule has 0 aliphatic rings. The van der Waals surface area contributed by atoms with Crippen LogP contribution in [0.5, 0.6) is 0 Å². The summed E-state index contributed by atoms with van der Waals surface area (Å²) < 4.78 is 1.82. The lowest BCUT2D eigenvalue weighted by atomic mass is 10.2. The number of rotatable bonds is 3. The number of hydrogen-bond acceptors (Lipinski definition) is 4. The van der Waals surface area contributed by atoms with E-state index in [9.17, 15) is 0 Å². The van der Waals surface area contributed by atoms with Crippen LogP contribution in [0.15, 0.2) is 41.8 Å². The summed E-state index contributed by atoms with van der Waals surface area (Å²) in [5, 5.41) is 11.5. The molecule has 0 saturated heterocycles. The van der Waals surface area contributed by atoms with Gasteiger partial charge in [0, 0.05) is 6.54 Å². The Morgan fingerprint density at radius 1 is 1.38 bits per heavy atom. The lowest BCUT2D eigenvalue weighted by Crippen LogP contribution is -2.04. The van der Waals surface area contributed by atoms with Gasteiger partial charge in [0.05, 0.1) is 12.5 Å². The first-order valence-electron chi connectivity index (χ1n) is 4.83. The maximum Gasteiger partial charge on any atom is 0.150 e. The molecule has 1 heterocycles. The Hall–Kier alpha value is -2.30. The SMILES string of the molecule is Nc1ncn(Cc2ccccc2)c1C=NO. The molecule has 2 rings (SSSR count). The Kier molecular flexibility index (Phi) is 2.86. The van der Waals surface area contributed by atoms with E-state index in [1.165, 1.54) is 6.21 Å². The molecule has 16 heavy (non-hydrogen) atoms. The normalized spacial score (nSPS) is 11.0. The number of benzene rings is 1. The van der Waals surface area contributed by atoms with E-state index in [1.54, 1.807) is 6.33 Å². The molecule has 2 aromatic rings. The minimum Gasteiger partial charge on any atom is -0.411 e. The molecule has 82 valence electrons. The van der Waals surface area contributed by atoms with Crippen molar-refractivity contribution >= 4 is 12.0 Å². The zero-order valence-electron chi connectivity index (χ0n) is 8.61. The monoisotopic (exact) mass is 216 g/mol. The number of nitrogens with zero attached hydrogens (tertiary/aromatic N) is 3. The number of aromatic nitrogens is 2. The molecular weight excluding hydrogens is 204 g/mol. The summed E-state index contributed by atoms with van der Waals surface area (Å²) in [5.41, 5.74) is 7.38. The molecule has 1 aromatic carbocycles. The number of hydrogen-bond donors (Lipinski definition) is 2. The van der Waals surface area contributed by atoms with Gasteiger partial charge in [0.25, 0.3) is 0 Å². The van der Waals surface area contributed by atoms with Crippen LogP contribution >= 0.6 is 0 Å². The Morgan fingerprint density at radius 3 is 2.81 bits per heavy atom. The molecule has 1 aromatic heterocycles. The van der Waals surface area contributed by atoms with E-state index in [1.807, 2.05) is 34.9 Å². The lowest BCUT2D eigenvalue weighted by molar-refractivity contribution is 0.321. The topological polar surface area (TPSA) is 76.4 Å². The third-order valence-corrected chi connectivity index (χ3v) is 2.28. The van der Waals surface area contributed by atoms with Gasteiger partial charge in [0.1, 0.15) is 5.69 Å². The predicted octanol–water partition coefficient (Wildman–Crippen LogP) is 1.32.